The molecule has 0 saturated heterocycles. The summed E-state index contributed by atoms with van der Waals surface area (Å²) in [6.45, 7) is 0. The van der Waals surface area contributed by atoms with E-state index in [4.69, 9.17) is 0 Å². The summed E-state index contributed by atoms with van der Waals surface area (Å²) in [4.78, 5) is 7.01. The van der Waals surface area contributed by atoms with Crippen molar-refractivity contribution in [2.45, 2.75) is 6.18 Å². The molecule has 0 spiro atoms. The van der Waals surface area contributed by atoms with Crippen LogP contribution < -0.4 is 0 Å². The van der Waals surface area contributed by atoms with Crippen LogP contribution in [0.1, 0.15) is 5.69 Å². The van der Waals surface area contributed by atoms with Crippen LogP contribution in [-0.2, 0) is 6.18 Å². The first kappa shape index (κ1) is 17.5. The van der Waals surface area contributed by atoms with Crippen LogP contribution in [0.15, 0.2) is 72.9 Å². The summed E-state index contributed by atoms with van der Waals surface area (Å²) in [6, 6.07) is 17.4. The lowest BCUT2D eigenvalue weighted by molar-refractivity contribution is -0.141. The Morgan fingerprint density at radius 1 is 0.828 bits per heavy atom. The Hall–Kier alpha value is -3.61. The van der Waals surface area contributed by atoms with Gasteiger partial charge in [-0.05, 0) is 72.3 Å². The van der Waals surface area contributed by atoms with Crippen molar-refractivity contribution in [2.24, 2.45) is 0 Å². The van der Waals surface area contributed by atoms with E-state index in [9.17, 15) is 17.6 Å². The van der Waals surface area contributed by atoms with E-state index >= 15 is 0 Å². The molecule has 144 valence electrons. The van der Waals surface area contributed by atoms with Gasteiger partial charge in [-0.3, -0.25) is 4.57 Å². The largest absolute Gasteiger partial charge is 0.433 e. The van der Waals surface area contributed by atoms with E-state index in [0.717, 1.165) is 17.0 Å². The van der Waals surface area contributed by atoms with E-state index in [-0.39, 0.29) is 11.5 Å². The summed E-state index contributed by atoms with van der Waals surface area (Å²) in [5.41, 5.74) is 2.11. The molecule has 0 atom stereocenters. The zero-order valence-electron chi connectivity index (χ0n) is 14.8. The van der Waals surface area contributed by atoms with Gasteiger partial charge in [-0.1, -0.05) is 0 Å². The molecule has 2 aromatic carbocycles. The first-order chi connectivity index (χ1) is 13.9. The second kappa shape index (κ2) is 6.20. The number of fused-ring (bicyclic) bond motifs is 2. The van der Waals surface area contributed by atoms with Crippen molar-refractivity contribution in [1.82, 2.24) is 14.5 Å². The molecule has 0 unspecified atom stereocenters. The molecule has 3 aromatic heterocycles. The van der Waals surface area contributed by atoms with Crippen LogP contribution >= 0.6 is 0 Å². The van der Waals surface area contributed by atoms with Crippen LogP contribution in [0.2, 0.25) is 0 Å². The zero-order chi connectivity index (χ0) is 20.2. The number of halogens is 4. The highest BCUT2D eigenvalue weighted by Crippen LogP contribution is 2.35. The van der Waals surface area contributed by atoms with Crippen LogP contribution in [0.4, 0.5) is 17.6 Å². The molecule has 3 nitrogen and oxygen atoms in total. The van der Waals surface area contributed by atoms with Crippen LogP contribution in [0, 0.1) is 5.82 Å². The standard InChI is InChI=1S/C22H13F4N3/c23-16-4-1-13(2-5-16)19-12-15-3-8-20(22(24,25)26)28-21(15)29(19)17-6-7-18-14(11-17)9-10-27-18/h1-12,27H. The highest BCUT2D eigenvalue weighted by molar-refractivity contribution is 5.89. The number of hydrogen-bond donors (Lipinski definition) is 1. The van der Waals surface area contributed by atoms with Crippen LogP contribution in [0.3, 0.4) is 0 Å². The van der Waals surface area contributed by atoms with E-state index in [1.165, 1.54) is 18.2 Å². The van der Waals surface area contributed by atoms with E-state index < -0.39 is 11.9 Å². The molecular formula is C22H13F4N3. The maximum absolute atomic E-state index is 13.4. The normalized spacial score (nSPS) is 12.1. The highest BCUT2D eigenvalue weighted by Gasteiger charge is 2.33. The van der Waals surface area contributed by atoms with Crippen LogP contribution in [0.5, 0.6) is 0 Å². The van der Waals surface area contributed by atoms with Crippen LogP contribution in [-0.4, -0.2) is 14.5 Å². The second-order valence-corrected chi connectivity index (χ2v) is 6.73. The summed E-state index contributed by atoms with van der Waals surface area (Å²) in [5.74, 6) is -0.386. The van der Waals surface area contributed by atoms with Gasteiger partial charge in [-0.25, -0.2) is 9.37 Å². The quantitative estimate of drug-likeness (QED) is 0.348. The van der Waals surface area contributed by atoms with Gasteiger partial charge in [0.25, 0.3) is 0 Å². The number of pyridine rings is 1. The molecule has 0 saturated carbocycles. The topological polar surface area (TPSA) is 33.6 Å². The first-order valence-corrected chi connectivity index (χ1v) is 8.83. The maximum atomic E-state index is 13.4. The molecule has 3 heterocycles. The fourth-order valence-corrected chi connectivity index (χ4v) is 3.51. The molecule has 29 heavy (non-hydrogen) atoms. The summed E-state index contributed by atoms with van der Waals surface area (Å²) in [7, 11) is 0. The fraction of sp³-hybridized carbons (Fsp3) is 0.0455. The molecule has 0 fully saturated rings. The molecule has 0 aliphatic carbocycles. The molecule has 0 bridgehead atoms. The number of rotatable bonds is 2. The molecule has 0 radical (unpaired) electrons. The Morgan fingerprint density at radius 3 is 2.38 bits per heavy atom. The molecule has 5 rings (SSSR count). The fourth-order valence-electron chi connectivity index (χ4n) is 3.51. The van der Waals surface area contributed by atoms with Crippen molar-refractivity contribution in [1.29, 1.82) is 0 Å². The summed E-state index contributed by atoms with van der Waals surface area (Å²) < 4.78 is 54.9. The number of benzene rings is 2. The number of alkyl halides is 3. The maximum Gasteiger partial charge on any atom is 0.433 e. The number of aromatic amines is 1. The van der Waals surface area contributed by atoms with Gasteiger partial charge < -0.3 is 4.98 Å². The van der Waals surface area contributed by atoms with Crippen molar-refractivity contribution in [2.75, 3.05) is 0 Å². The van der Waals surface area contributed by atoms with Crippen molar-refractivity contribution < 1.29 is 17.6 Å². The van der Waals surface area contributed by atoms with Crippen molar-refractivity contribution in [3.63, 3.8) is 0 Å². The third-order valence-corrected chi connectivity index (χ3v) is 4.88. The summed E-state index contributed by atoms with van der Waals surface area (Å²) in [5, 5.41) is 1.48. The number of H-pyrrole nitrogens is 1. The Labute approximate surface area is 162 Å². The Bertz CT molecular complexity index is 1340. The van der Waals surface area contributed by atoms with E-state index in [1.807, 2.05) is 24.3 Å². The number of nitrogens with zero attached hydrogens (tertiary/aromatic N) is 2. The molecule has 5 aromatic rings. The highest BCUT2D eigenvalue weighted by atomic mass is 19.4. The second-order valence-electron chi connectivity index (χ2n) is 6.73. The van der Waals surface area contributed by atoms with Gasteiger partial charge in [-0.2, -0.15) is 13.2 Å². The molecular weight excluding hydrogens is 382 g/mol. The van der Waals surface area contributed by atoms with E-state index in [0.29, 0.717) is 22.3 Å². The molecule has 7 heteroatoms. The average Bonchev–Trinajstić information content (AvgIpc) is 3.31. The zero-order valence-corrected chi connectivity index (χ0v) is 14.8. The lowest BCUT2D eigenvalue weighted by Gasteiger charge is -2.12. The predicted octanol–water partition coefficient (Wildman–Crippen LogP) is 6.33. The Morgan fingerprint density at radius 2 is 1.62 bits per heavy atom. The van der Waals surface area contributed by atoms with E-state index in [1.54, 1.807) is 29.0 Å². The van der Waals surface area contributed by atoms with Gasteiger partial charge in [0, 0.05) is 28.2 Å². The lowest BCUT2D eigenvalue weighted by atomic mass is 10.1. The molecule has 1 N–H and O–H groups in total. The smallest absolute Gasteiger partial charge is 0.361 e. The number of aromatic nitrogens is 3. The van der Waals surface area contributed by atoms with E-state index in [2.05, 4.69) is 9.97 Å². The third kappa shape index (κ3) is 2.95. The molecule has 0 aliphatic rings. The lowest BCUT2D eigenvalue weighted by Crippen LogP contribution is -2.08. The monoisotopic (exact) mass is 395 g/mol. The van der Waals surface area contributed by atoms with Gasteiger partial charge in [0.15, 0.2) is 0 Å². The first-order valence-electron chi connectivity index (χ1n) is 8.83. The number of hydrogen-bond acceptors (Lipinski definition) is 1. The SMILES string of the molecule is Fc1ccc(-c2cc3ccc(C(F)(F)F)nc3n2-c2ccc3[nH]ccc3c2)cc1. The van der Waals surface area contributed by atoms with Gasteiger partial charge >= 0.3 is 6.18 Å². The van der Waals surface area contributed by atoms with Crippen molar-refractivity contribution in [3.8, 4) is 16.9 Å². The van der Waals surface area contributed by atoms with Crippen LogP contribution in [0.25, 0.3) is 38.9 Å². The summed E-state index contributed by atoms with van der Waals surface area (Å²) >= 11 is 0. The minimum absolute atomic E-state index is 0.189. The van der Waals surface area contributed by atoms with Gasteiger partial charge in [-0.15, -0.1) is 0 Å². The van der Waals surface area contributed by atoms with Crippen molar-refractivity contribution >= 4 is 21.9 Å². The van der Waals surface area contributed by atoms with Crippen molar-refractivity contribution in [3.05, 3.63) is 84.4 Å². The minimum atomic E-state index is -4.55. The summed E-state index contributed by atoms with van der Waals surface area (Å²) in [6.07, 6.45) is -2.76. The van der Waals surface area contributed by atoms with Gasteiger partial charge in [0.2, 0.25) is 0 Å². The third-order valence-electron chi connectivity index (χ3n) is 4.88. The minimum Gasteiger partial charge on any atom is -0.361 e. The molecule has 0 aliphatic heterocycles. The van der Waals surface area contributed by atoms with Gasteiger partial charge in [0.05, 0.1) is 5.69 Å². The van der Waals surface area contributed by atoms with Gasteiger partial charge in [0.1, 0.15) is 17.2 Å². The predicted molar refractivity (Wildman–Crippen MR) is 103 cm³/mol. The average molecular weight is 395 g/mol. The molecule has 0 amide bonds. The Balaban J connectivity index is 1.83. The Kier molecular flexibility index (Phi) is 3.74. The number of nitrogens with one attached hydrogen (secondary N) is 1.